The van der Waals surface area contributed by atoms with E-state index < -0.39 is 0 Å². The summed E-state index contributed by atoms with van der Waals surface area (Å²) in [4.78, 5) is 0.704. The fourth-order valence-electron chi connectivity index (χ4n) is 1.27. The lowest BCUT2D eigenvalue weighted by molar-refractivity contribution is 0.469. The van der Waals surface area contributed by atoms with Crippen molar-refractivity contribution in [1.29, 1.82) is 0 Å². The summed E-state index contributed by atoms with van der Waals surface area (Å²) in [6, 6.07) is 0. The Bertz CT molecular complexity index is 234. The van der Waals surface area contributed by atoms with Gasteiger partial charge in [0.2, 0.25) is 0 Å². The average Bonchev–Trinajstić information content (AvgIpc) is 2.08. The molecule has 0 aliphatic rings. The van der Waals surface area contributed by atoms with Crippen LogP contribution in [0.3, 0.4) is 0 Å². The average molecular weight is 173 g/mol. The molecule has 0 atom stereocenters. The third-order valence-electron chi connectivity index (χ3n) is 2.62. The van der Waals surface area contributed by atoms with Crippen molar-refractivity contribution in [2.45, 2.75) is 4.90 Å². The van der Waals surface area contributed by atoms with Crippen molar-refractivity contribution in [2.75, 3.05) is 0 Å². The number of hydrogen-bond donors (Lipinski definition) is 2. The molecule has 0 spiro atoms. The second-order valence-electron chi connectivity index (χ2n) is 3.20. The molecule has 1 aromatic carbocycles. The van der Waals surface area contributed by atoms with Crippen LogP contribution in [0.5, 0.6) is 5.75 Å². The molecule has 6 heteroatoms. The van der Waals surface area contributed by atoms with Crippen LogP contribution in [-0.2, 0) is 0 Å². The predicted octanol–water partition coefficient (Wildman–Crippen LogP) is -5.29. The summed E-state index contributed by atoms with van der Waals surface area (Å²) in [5.41, 5.74) is 4.38. The van der Waals surface area contributed by atoms with E-state index in [1.165, 1.54) is 5.46 Å². The molecule has 0 bridgehead atoms. The van der Waals surface area contributed by atoms with Gasteiger partial charge in [-0.2, -0.15) is 0 Å². The van der Waals surface area contributed by atoms with E-state index in [0.717, 1.165) is 16.4 Å². The van der Waals surface area contributed by atoms with Crippen molar-refractivity contribution in [2.24, 2.45) is 0 Å². The van der Waals surface area contributed by atoms with Crippen molar-refractivity contribution in [3.05, 3.63) is 0 Å². The molecule has 58 valence electrons. The number of thiol groups is 1. The molecular weight excluding hydrogens is 163 g/mol. The molecule has 1 aromatic rings. The molecule has 0 aromatic heterocycles. The Morgan fingerprint density at radius 2 is 1.25 bits per heavy atom. The number of benzene rings is 1. The van der Waals surface area contributed by atoms with Crippen molar-refractivity contribution in [3.63, 3.8) is 0 Å². The lowest BCUT2D eigenvalue weighted by Gasteiger charge is -2.14. The summed E-state index contributed by atoms with van der Waals surface area (Å²) < 4.78 is 0. The zero-order valence-electron chi connectivity index (χ0n) is 7.89. The zero-order valence-corrected chi connectivity index (χ0v) is 8.79. The molecule has 0 saturated carbocycles. The Morgan fingerprint density at radius 1 is 0.833 bits per heavy atom. The first-order valence-corrected chi connectivity index (χ1v) is 4.39. The first-order valence-electron chi connectivity index (χ1n) is 3.95. The van der Waals surface area contributed by atoms with Crippen molar-refractivity contribution in [3.8, 4) is 5.75 Å². The van der Waals surface area contributed by atoms with Crippen molar-refractivity contribution < 1.29 is 5.11 Å². The molecule has 0 radical (unpaired) electrons. The summed E-state index contributed by atoms with van der Waals surface area (Å²) in [6.45, 7) is 0. The van der Waals surface area contributed by atoms with Crippen molar-refractivity contribution >= 4 is 65.9 Å². The Kier molecular flexibility index (Phi) is 2.57. The van der Waals surface area contributed by atoms with Gasteiger partial charge < -0.3 is 5.11 Å². The van der Waals surface area contributed by atoms with E-state index in [0.29, 0.717) is 10.6 Å². The van der Waals surface area contributed by atoms with E-state index in [9.17, 15) is 5.11 Å². The van der Waals surface area contributed by atoms with Crippen LogP contribution in [0.15, 0.2) is 4.90 Å². The highest BCUT2D eigenvalue weighted by molar-refractivity contribution is 7.80. The Balaban J connectivity index is 3.60. The van der Waals surface area contributed by atoms with Crippen LogP contribution in [0.2, 0.25) is 0 Å². The summed E-state index contributed by atoms with van der Waals surface area (Å²) in [5, 5.41) is 9.62. The summed E-state index contributed by atoms with van der Waals surface area (Å²) >= 11 is 4.25. The van der Waals surface area contributed by atoms with Gasteiger partial charge in [0.1, 0.15) is 37.1 Å². The van der Waals surface area contributed by atoms with Gasteiger partial charge in [-0.1, -0.05) is 16.4 Å². The smallest absolute Gasteiger partial charge is 0.143 e. The largest absolute Gasteiger partial charge is 0.507 e. The molecule has 0 aliphatic heterocycles. The van der Waals surface area contributed by atoms with Gasteiger partial charge in [-0.25, -0.2) is 0 Å². The lowest BCUT2D eigenvalue weighted by Crippen LogP contribution is -2.47. The van der Waals surface area contributed by atoms with Gasteiger partial charge >= 0.3 is 0 Å². The maximum absolute atomic E-state index is 9.62. The quantitative estimate of drug-likeness (QED) is 0.297. The van der Waals surface area contributed by atoms with Gasteiger partial charge in [0.05, 0.1) is 0 Å². The van der Waals surface area contributed by atoms with E-state index in [-0.39, 0.29) is 0 Å². The van der Waals surface area contributed by atoms with Crippen LogP contribution < -0.4 is 21.9 Å². The first kappa shape index (κ1) is 9.72. The summed E-state index contributed by atoms with van der Waals surface area (Å²) in [5.74, 6) is 0.318. The first-order chi connectivity index (χ1) is 5.46. The third kappa shape index (κ3) is 1.28. The Hall–Kier alpha value is -0.370. The summed E-state index contributed by atoms with van der Waals surface area (Å²) in [6.07, 6.45) is 0. The molecule has 0 amide bonds. The van der Waals surface area contributed by atoms with E-state index >= 15 is 0 Å². The van der Waals surface area contributed by atoms with Crippen LogP contribution in [0.1, 0.15) is 0 Å². The molecule has 0 fully saturated rings. The minimum absolute atomic E-state index is 0.318. The minimum atomic E-state index is 0.318. The molecule has 1 rings (SSSR count). The van der Waals surface area contributed by atoms with Gasteiger partial charge in [0.15, 0.2) is 0 Å². The molecule has 1 N–H and O–H groups in total. The highest BCUT2D eigenvalue weighted by atomic mass is 32.1. The second-order valence-corrected chi connectivity index (χ2v) is 3.64. The highest BCUT2D eigenvalue weighted by Gasteiger charge is 2.09. The maximum atomic E-state index is 9.62. The van der Waals surface area contributed by atoms with Gasteiger partial charge in [0.25, 0.3) is 0 Å². The molecule has 0 aliphatic carbocycles. The molecular formula is C6H10B4OS. The maximum Gasteiger partial charge on any atom is 0.143 e. The lowest BCUT2D eigenvalue weighted by atomic mass is 9.66. The topological polar surface area (TPSA) is 20.2 Å². The van der Waals surface area contributed by atoms with Crippen LogP contribution in [0, 0.1) is 0 Å². The van der Waals surface area contributed by atoms with Gasteiger partial charge in [-0.3, -0.25) is 0 Å². The third-order valence-corrected chi connectivity index (χ3v) is 3.17. The van der Waals surface area contributed by atoms with Gasteiger partial charge in [-0.05, 0) is 0 Å². The van der Waals surface area contributed by atoms with E-state index in [1.54, 1.807) is 0 Å². The minimum Gasteiger partial charge on any atom is -0.507 e. The number of hydrogen-bond acceptors (Lipinski definition) is 2. The number of rotatable bonds is 0. The molecule has 0 unspecified atom stereocenters. The molecule has 0 saturated heterocycles. The molecule has 0 heterocycles. The number of phenolic OH excluding ortho intramolecular Hbond substituents is 1. The fraction of sp³-hybridized carbons (Fsp3) is 0. The van der Waals surface area contributed by atoms with Crippen LogP contribution in [0.25, 0.3) is 0 Å². The van der Waals surface area contributed by atoms with Crippen molar-refractivity contribution in [1.82, 2.24) is 0 Å². The van der Waals surface area contributed by atoms with E-state index in [4.69, 9.17) is 0 Å². The van der Waals surface area contributed by atoms with E-state index in [2.05, 4.69) is 20.5 Å². The van der Waals surface area contributed by atoms with Gasteiger partial charge in [0, 0.05) is 4.90 Å². The fourth-order valence-corrected chi connectivity index (χ4v) is 1.61. The normalized spacial score (nSPS) is 10.1. The molecule has 1 nitrogen and oxygen atoms in total. The zero-order chi connectivity index (χ0) is 9.46. The SMILES string of the molecule is Bc1c(B)c(B)c(S)c(O)c1B. The summed E-state index contributed by atoms with van der Waals surface area (Å²) in [7, 11) is 7.96. The Morgan fingerprint density at radius 3 is 1.75 bits per heavy atom. The van der Waals surface area contributed by atoms with Crippen LogP contribution in [-0.4, -0.2) is 36.5 Å². The highest BCUT2D eigenvalue weighted by Crippen LogP contribution is 2.11. The predicted molar refractivity (Wildman–Crippen MR) is 68.1 cm³/mol. The number of phenols is 1. The number of aromatic hydroxyl groups is 1. The van der Waals surface area contributed by atoms with E-state index in [1.807, 2.05) is 23.5 Å². The van der Waals surface area contributed by atoms with Crippen LogP contribution >= 0.6 is 12.6 Å². The Labute approximate surface area is 82.0 Å². The standard InChI is InChI=1S/C6H10B4OS/c7-1-2(8)4(10)6(12)5(11)3(1)9/h11-12H,7-10H2. The van der Waals surface area contributed by atoms with Crippen LogP contribution in [0.4, 0.5) is 0 Å². The second kappa shape index (κ2) is 3.17. The molecule has 12 heavy (non-hydrogen) atoms. The van der Waals surface area contributed by atoms with Gasteiger partial charge in [-0.15, -0.1) is 18.1 Å². The monoisotopic (exact) mass is 174 g/mol.